The van der Waals surface area contributed by atoms with Crippen LogP contribution in [-0.4, -0.2) is 63.9 Å². The van der Waals surface area contributed by atoms with Crippen LogP contribution in [0, 0.1) is 0 Å². The molecule has 0 aromatic heterocycles. The van der Waals surface area contributed by atoms with E-state index in [9.17, 15) is 4.79 Å². The van der Waals surface area contributed by atoms with Gasteiger partial charge < -0.3 is 19.7 Å². The van der Waals surface area contributed by atoms with Crippen molar-refractivity contribution in [2.75, 3.05) is 46.9 Å². The van der Waals surface area contributed by atoms with E-state index in [1.165, 1.54) is 7.11 Å². The minimum absolute atomic E-state index is 0.179. The number of esters is 1. The zero-order chi connectivity index (χ0) is 15.1. The zero-order valence-corrected chi connectivity index (χ0v) is 12.7. The Morgan fingerprint density at radius 1 is 1.48 bits per heavy atom. The van der Waals surface area contributed by atoms with Crippen LogP contribution in [0.25, 0.3) is 0 Å². The molecule has 1 heterocycles. The molecule has 1 aliphatic rings. The number of hydrogen-bond acceptors (Lipinski definition) is 5. The van der Waals surface area contributed by atoms with Gasteiger partial charge in [0.1, 0.15) is 0 Å². The SMILES string of the molecule is COC(=O)C(CNCC1CN(C)CCO1)c1ccccc1. The molecule has 1 saturated heterocycles. The molecule has 2 unspecified atom stereocenters. The number of morpholine rings is 1. The van der Waals surface area contributed by atoms with Gasteiger partial charge in [0.2, 0.25) is 0 Å². The standard InChI is InChI=1S/C16H24N2O3/c1-18-8-9-21-14(12-18)10-17-11-15(16(19)20-2)13-6-4-3-5-7-13/h3-7,14-15,17H,8-12H2,1-2H3. The summed E-state index contributed by atoms with van der Waals surface area (Å²) in [6.07, 6.45) is 0.179. The van der Waals surface area contributed by atoms with Gasteiger partial charge in [0.25, 0.3) is 0 Å². The maximum Gasteiger partial charge on any atom is 0.314 e. The third kappa shape index (κ3) is 4.81. The molecular weight excluding hydrogens is 268 g/mol. The highest BCUT2D eigenvalue weighted by Crippen LogP contribution is 2.16. The van der Waals surface area contributed by atoms with Crippen molar-refractivity contribution >= 4 is 5.97 Å². The van der Waals surface area contributed by atoms with Crippen molar-refractivity contribution in [1.82, 2.24) is 10.2 Å². The average molecular weight is 292 g/mol. The summed E-state index contributed by atoms with van der Waals surface area (Å²) in [7, 11) is 3.52. The highest BCUT2D eigenvalue weighted by molar-refractivity contribution is 5.78. The smallest absolute Gasteiger partial charge is 0.314 e. The first kappa shape index (κ1) is 15.9. The second kappa shape index (κ2) is 8.12. The van der Waals surface area contributed by atoms with E-state index in [4.69, 9.17) is 9.47 Å². The Morgan fingerprint density at radius 3 is 2.90 bits per heavy atom. The Balaban J connectivity index is 1.86. The van der Waals surface area contributed by atoms with Crippen LogP contribution >= 0.6 is 0 Å². The van der Waals surface area contributed by atoms with E-state index in [0.717, 1.165) is 31.8 Å². The van der Waals surface area contributed by atoms with E-state index in [1.807, 2.05) is 30.3 Å². The zero-order valence-electron chi connectivity index (χ0n) is 12.7. The number of rotatable bonds is 6. The highest BCUT2D eigenvalue weighted by atomic mass is 16.5. The maximum absolute atomic E-state index is 11.9. The number of likely N-dealkylation sites (N-methyl/N-ethyl adjacent to an activating group) is 1. The largest absolute Gasteiger partial charge is 0.469 e. The fourth-order valence-corrected chi connectivity index (χ4v) is 2.54. The van der Waals surface area contributed by atoms with E-state index in [2.05, 4.69) is 17.3 Å². The van der Waals surface area contributed by atoms with Crippen LogP contribution in [0.15, 0.2) is 30.3 Å². The molecule has 2 rings (SSSR count). The third-order valence-electron chi connectivity index (χ3n) is 3.75. The summed E-state index contributed by atoms with van der Waals surface area (Å²) in [5, 5.41) is 3.34. The molecule has 1 N–H and O–H groups in total. The van der Waals surface area contributed by atoms with Crippen molar-refractivity contribution in [2.45, 2.75) is 12.0 Å². The van der Waals surface area contributed by atoms with Crippen LogP contribution in [0.3, 0.4) is 0 Å². The van der Waals surface area contributed by atoms with Crippen LogP contribution < -0.4 is 5.32 Å². The van der Waals surface area contributed by atoms with Gasteiger partial charge in [-0.05, 0) is 12.6 Å². The number of nitrogens with zero attached hydrogens (tertiary/aromatic N) is 1. The molecule has 1 aromatic carbocycles. The minimum Gasteiger partial charge on any atom is -0.469 e. The van der Waals surface area contributed by atoms with Crippen molar-refractivity contribution in [3.63, 3.8) is 0 Å². The van der Waals surface area contributed by atoms with E-state index >= 15 is 0 Å². The fraction of sp³-hybridized carbons (Fsp3) is 0.562. The van der Waals surface area contributed by atoms with Crippen LogP contribution in [0.4, 0.5) is 0 Å². The summed E-state index contributed by atoms with van der Waals surface area (Å²) < 4.78 is 10.6. The van der Waals surface area contributed by atoms with Crippen molar-refractivity contribution in [3.05, 3.63) is 35.9 Å². The van der Waals surface area contributed by atoms with Crippen molar-refractivity contribution in [2.24, 2.45) is 0 Å². The molecule has 116 valence electrons. The predicted octanol–water partition coefficient (Wildman–Crippen LogP) is 0.863. The number of carbonyl (C=O) groups is 1. The molecular formula is C16H24N2O3. The Labute approximate surface area is 126 Å². The first-order chi connectivity index (χ1) is 10.2. The summed E-state index contributed by atoms with van der Waals surface area (Å²) in [6, 6.07) is 9.72. The van der Waals surface area contributed by atoms with Crippen LogP contribution in [0.2, 0.25) is 0 Å². The Hall–Kier alpha value is -1.43. The third-order valence-corrected chi connectivity index (χ3v) is 3.75. The molecule has 0 saturated carbocycles. The Bertz CT molecular complexity index is 438. The Kier molecular flexibility index (Phi) is 6.17. The lowest BCUT2D eigenvalue weighted by atomic mass is 9.99. The van der Waals surface area contributed by atoms with Crippen molar-refractivity contribution in [1.29, 1.82) is 0 Å². The second-order valence-corrected chi connectivity index (χ2v) is 5.40. The number of carbonyl (C=O) groups excluding carboxylic acids is 1. The van der Waals surface area contributed by atoms with E-state index < -0.39 is 0 Å². The number of benzene rings is 1. The van der Waals surface area contributed by atoms with Gasteiger partial charge in [-0.15, -0.1) is 0 Å². The first-order valence-electron chi connectivity index (χ1n) is 7.34. The maximum atomic E-state index is 11.9. The van der Waals surface area contributed by atoms with Crippen molar-refractivity contribution < 1.29 is 14.3 Å². The Morgan fingerprint density at radius 2 is 2.24 bits per heavy atom. The van der Waals surface area contributed by atoms with E-state index in [1.54, 1.807) is 0 Å². The molecule has 0 spiro atoms. The molecule has 1 aliphatic heterocycles. The normalized spacial score (nSPS) is 21.0. The van der Waals surface area contributed by atoms with Crippen LogP contribution in [0.5, 0.6) is 0 Å². The summed E-state index contributed by atoms with van der Waals surface area (Å²) in [6.45, 7) is 3.96. The molecule has 0 amide bonds. The molecule has 1 aromatic rings. The average Bonchev–Trinajstić information content (AvgIpc) is 2.52. The number of nitrogens with one attached hydrogen (secondary N) is 1. The lowest BCUT2D eigenvalue weighted by Gasteiger charge is -2.30. The lowest BCUT2D eigenvalue weighted by Crippen LogP contribution is -2.45. The fourth-order valence-electron chi connectivity index (χ4n) is 2.54. The molecule has 1 fully saturated rings. The quantitative estimate of drug-likeness (QED) is 0.788. The summed E-state index contributed by atoms with van der Waals surface area (Å²) in [4.78, 5) is 14.2. The van der Waals surface area contributed by atoms with Gasteiger partial charge in [0.05, 0.1) is 25.7 Å². The molecule has 5 nitrogen and oxygen atoms in total. The van der Waals surface area contributed by atoms with Gasteiger partial charge in [-0.3, -0.25) is 4.79 Å². The predicted molar refractivity (Wildman–Crippen MR) is 81.3 cm³/mol. The highest BCUT2D eigenvalue weighted by Gasteiger charge is 2.22. The molecule has 0 bridgehead atoms. The van der Waals surface area contributed by atoms with Gasteiger partial charge in [-0.2, -0.15) is 0 Å². The number of ether oxygens (including phenoxy) is 2. The van der Waals surface area contributed by atoms with Gasteiger partial charge in [0, 0.05) is 26.2 Å². The van der Waals surface area contributed by atoms with E-state index in [-0.39, 0.29) is 18.0 Å². The lowest BCUT2D eigenvalue weighted by molar-refractivity contribution is -0.142. The molecule has 2 atom stereocenters. The molecule has 5 heteroatoms. The topological polar surface area (TPSA) is 50.8 Å². The summed E-state index contributed by atoms with van der Waals surface area (Å²) >= 11 is 0. The monoisotopic (exact) mass is 292 g/mol. The molecule has 21 heavy (non-hydrogen) atoms. The number of hydrogen-bond donors (Lipinski definition) is 1. The van der Waals surface area contributed by atoms with Crippen LogP contribution in [0.1, 0.15) is 11.5 Å². The van der Waals surface area contributed by atoms with Gasteiger partial charge in [0.15, 0.2) is 0 Å². The molecule has 0 radical (unpaired) electrons. The summed E-state index contributed by atoms with van der Waals surface area (Å²) in [5.74, 6) is -0.493. The van der Waals surface area contributed by atoms with Crippen molar-refractivity contribution in [3.8, 4) is 0 Å². The summed E-state index contributed by atoms with van der Waals surface area (Å²) in [5.41, 5.74) is 0.971. The number of methoxy groups -OCH3 is 1. The molecule has 0 aliphatic carbocycles. The van der Waals surface area contributed by atoms with Gasteiger partial charge >= 0.3 is 5.97 Å². The first-order valence-corrected chi connectivity index (χ1v) is 7.34. The second-order valence-electron chi connectivity index (χ2n) is 5.40. The van der Waals surface area contributed by atoms with Gasteiger partial charge in [-0.1, -0.05) is 30.3 Å². The van der Waals surface area contributed by atoms with E-state index in [0.29, 0.717) is 6.54 Å². The minimum atomic E-state index is -0.280. The van der Waals surface area contributed by atoms with Crippen LogP contribution in [-0.2, 0) is 14.3 Å². The van der Waals surface area contributed by atoms with Gasteiger partial charge in [-0.25, -0.2) is 0 Å².